The molecule has 0 bridgehead atoms. The Morgan fingerprint density at radius 3 is 2.53 bits per heavy atom. The number of likely N-dealkylation sites (tertiary alicyclic amines) is 1. The summed E-state index contributed by atoms with van der Waals surface area (Å²) in [4.78, 5) is 34.0. The summed E-state index contributed by atoms with van der Waals surface area (Å²) in [5.74, 6) is -1.36. The summed E-state index contributed by atoms with van der Waals surface area (Å²) in [6.45, 7) is 10.7. The molecule has 0 saturated carbocycles. The molecule has 0 radical (unpaired) electrons. The summed E-state index contributed by atoms with van der Waals surface area (Å²) in [6.07, 6.45) is 3.30. The third kappa shape index (κ3) is 4.14. The second-order valence-corrected chi connectivity index (χ2v) is 7.62. The van der Waals surface area contributed by atoms with Crippen LogP contribution < -0.4 is 0 Å². The maximum atomic E-state index is 13.1. The molecule has 1 aromatic heterocycles. The van der Waals surface area contributed by atoms with Crippen LogP contribution in [0.25, 0.3) is 5.76 Å². The van der Waals surface area contributed by atoms with Crippen molar-refractivity contribution < 1.29 is 14.7 Å². The van der Waals surface area contributed by atoms with Crippen molar-refractivity contribution in [2.75, 3.05) is 26.2 Å². The molecule has 1 aliphatic heterocycles. The van der Waals surface area contributed by atoms with Crippen LogP contribution in [0.2, 0.25) is 0 Å². The summed E-state index contributed by atoms with van der Waals surface area (Å²) >= 11 is 0. The highest BCUT2D eigenvalue weighted by molar-refractivity contribution is 6.46. The lowest BCUT2D eigenvalue weighted by atomic mass is 9.94. The monoisotopic (exact) mass is 407 g/mol. The van der Waals surface area contributed by atoms with E-state index in [1.54, 1.807) is 23.4 Å². The van der Waals surface area contributed by atoms with E-state index in [1.807, 2.05) is 38.1 Å². The van der Waals surface area contributed by atoms with E-state index in [1.165, 1.54) is 0 Å². The molecule has 1 unspecified atom stereocenters. The molecule has 3 rings (SSSR count). The van der Waals surface area contributed by atoms with E-state index in [4.69, 9.17) is 0 Å². The van der Waals surface area contributed by atoms with Gasteiger partial charge < -0.3 is 14.9 Å². The van der Waals surface area contributed by atoms with Crippen molar-refractivity contribution >= 4 is 17.4 Å². The summed E-state index contributed by atoms with van der Waals surface area (Å²) in [6, 6.07) is 8.65. The lowest BCUT2D eigenvalue weighted by molar-refractivity contribution is -0.140. The number of aromatic nitrogens is 1. The Hall–Kier alpha value is -2.99. The SMILES string of the molecule is CCN(CC)CCN1C(=O)C(=O)/C(=C(\O)c2cc(C)ccc2C)C1c1cccnc1. The van der Waals surface area contributed by atoms with E-state index in [9.17, 15) is 14.7 Å². The first-order valence-electron chi connectivity index (χ1n) is 10.4. The van der Waals surface area contributed by atoms with Gasteiger partial charge in [0, 0.05) is 31.0 Å². The van der Waals surface area contributed by atoms with Crippen molar-refractivity contribution in [3.63, 3.8) is 0 Å². The van der Waals surface area contributed by atoms with Gasteiger partial charge in [-0.3, -0.25) is 14.6 Å². The molecule has 158 valence electrons. The standard InChI is InChI=1S/C24H29N3O3/c1-5-26(6-2)12-13-27-21(18-8-7-11-25-15-18)20(23(29)24(27)30)22(28)19-14-16(3)9-10-17(19)4/h7-11,14-15,21,28H,5-6,12-13H2,1-4H3/b22-20-. The van der Waals surface area contributed by atoms with Crippen LogP contribution in [0.15, 0.2) is 48.3 Å². The fourth-order valence-electron chi connectivity index (χ4n) is 3.92. The number of aliphatic hydroxyl groups excluding tert-OH is 1. The quantitative estimate of drug-likeness (QED) is 0.432. The van der Waals surface area contributed by atoms with Crippen LogP contribution in [0.4, 0.5) is 0 Å². The minimum absolute atomic E-state index is 0.126. The highest BCUT2D eigenvalue weighted by Crippen LogP contribution is 2.39. The molecule has 2 heterocycles. The smallest absolute Gasteiger partial charge is 0.295 e. The van der Waals surface area contributed by atoms with E-state index in [2.05, 4.69) is 23.7 Å². The van der Waals surface area contributed by atoms with Gasteiger partial charge in [-0.2, -0.15) is 0 Å². The van der Waals surface area contributed by atoms with Gasteiger partial charge in [-0.15, -0.1) is 0 Å². The Balaban J connectivity index is 2.12. The fraction of sp³-hybridized carbons (Fsp3) is 0.375. The Bertz CT molecular complexity index is 965. The molecular weight excluding hydrogens is 378 g/mol. The van der Waals surface area contributed by atoms with Gasteiger partial charge in [-0.1, -0.05) is 37.6 Å². The first kappa shape index (κ1) is 21.7. The average Bonchev–Trinajstić information content (AvgIpc) is 3.01. The number of nitrogens with zero attached hydrogens (tertiary/aromatic N) is 3. The van der Waals surface area contributed by atoms with Gasteiger partial charge in [0.2, 0.25) is 0 Å². The van der Waals surface area contributed by atoms with Crippen molar-refractivity contribution in [3.05, 3.63) is 70.6 Å². The number of hydrogen-bond donors (Lipinski definition) is 1. The first-order chi connectivity index (χ1) is 14.4. The third-order valence-corrected chi connectivity index (χ3v) is 5.74. The number of pyridine rings is 1. The molecule has 2 aromatic rings. The Morgan fingerprint density at radius 2 is 1.90 bits per heavy atom. The van der Waals surface area contributed by atoms with Crippen molar-refractivity contribution in [3.8, 4) is 0 Å². The van der Waals surface area contributed by atoms with Crippen molar-refractivity contribution in [1.29, 1.82) is 0 Å². The predicted octanol–water partition coefficient (Wildman–Crippen LogP) is 3.46. The highest BCUT2D eigenvalue weighted by Gasteiger charge is 2.46. The Kier molecular flexibility index (Phi) is 6.67. The first-order valence-corrected chi connectivity index (χ1v) is 10.4. The topological polar surface area (TPSA) is 73.7 Å². The summed E-state index contributed by atoms with van der Waals surface area (Å²) < 4.78 is 0. The van der Waals surface area contributed by atoms with E-state index in [0.717, 1.165) is 24.2 Å². The molecule has 1 fully saturated rings. The van der Waals surface area contributed by atoms with E-state index >= 15 is 0 Å². The number of benzene rings is 1. The second-order valence-electron chi connectivity index (χ2n) is 7.62. The van der Waals surface area contributed by atoms with E-state index in [0.29, 0.717) is 24.2 Å². The molecule has 30 heavy (non-hydrogen) atoms. The number of rotatable bonds is 7. The van der Waals surface area contributed by atoms with Crippen molar-refractivity contribution in [2.24, 2.45) is 0 Å². The number of amides is 1. The van der Waals surface area contributed by atoms with Crippen LogP contribution in [-0.4, -0.2) is 57.8 Å². The second kappa shape index (κ2) is 9.22. The lowest BCUT2D eigenvalue weighted by Crippen LogP contribution is -2.38. The van der Waals surface area contributed by atoms with E-state index in [-0.39, 0.29) is 11.3 Å². The van der Waals surface area contributed by atoms with Gasteiger partial charge >= 0.3 is 0 Å². The zero-order chi connectivity index (χ0) is 21.8. The predicted molar refractivity (Wildman–Crippen MR) is 117 cm³/mol. The third-order valence-electron chi connectivity index (χ3n) is 5.74. The molecule has 1 saturated heterocycles. The minimum Gasteiger partial charge on any atom is -0.507 e. The average molecular weight is 408 g/mol. The van der Waals surface area contributed by atoms with Crippen LogP contribution in [0, 0.1) is 13.8 Å². The van der Waals surface area contributed by atoms with Gasteiger partial charge in [0.15, 0.2) is 0 Å². The summed E-state index contributed by atoms with van der Waals surface area (Å²) in [5.41, 5.74) is 3.23. The number of carbonyl (C=O) groups excluding carboxylic acids is 2. The number of likely N-dealkylation sites (N-methyl/N-ethyl adjacent to an activating group) is 1. The van der Waals surface area contributed by atoms with Gasteiger partial charge in [-0.25, -0.2) is 0 Å². The van der Waals surface area contributed by atoms with Gasteiger partial charge in [0.05, 0.1) is 11.6 Å². The molecule has 1 N–H and O–H groups in total. The number of hydrogen-bond acceptors (Lipinski definition) is 5. The van der Waals surface area contributed by atoms with Crippen molar-refractivity contribution in [2.45, 2.75) is 33.7 Å². The maximum Gasteiger partial charge on any atom is 0.295 e. The summed E-state index contributed by atoms with van der Waals surface area (Å²) in [7, 11) is 0. The number of Topliss-reactive ketones (excluding diaryl/α,β-unsaturated/α-hetero) is 1. The number of aliphatic hydroxyl groups is 1. The van der Waals surface area contributed by atoms with Crippen LogP contribution in [-0.2, 0) is 9.59 Å². The van der Waals surface area contributed by atoms with Crippen molar-refractivity contribution in [1.82, 2.24) is 14.8 Å². The number of carbonyl (C=O) groups is 2. The lowest BCUT2D eigenvalue weighted by Gasteiger charge is -2.28. The minimum atomic E-state index is -0.658. The van der Waals surface area contributed by atoms with Crippen LogP contribution >= 0.6 is 0 Å². The van der Waals surface area contributed by atoms with Crippen LogP contribution in [0.3, 0.4) is 0 Å². The molecule has 1 atom stereocenters. The normalized spacial score (nSPS) is 18.4. The van der Waals surface area contributed by atoms with Crippen LogP contribution in [0.1, 0.15) is 42.1 Å². The van der Waals surface area contributed by atoms with Gasteiger partial charge in [-0.05, 0) is 50.2 Å². The molecule has 1 amide bonds. The molecule has 1 aliphatic rings. The summed E-state index contributed by atoms with van der Waals surface area (Å²) in [5, 5.41) is 11.2. The molecule has 6 heteroatoms. The molecule has 1 aromatic carbocycles. The van der Waals surface area contributed by atoms with Gasteiger partial charge in [0.1, 0.15) is 5.76 Å². The Labute approximate surface area is 177 Å². The molecule has 6 nitrogen and oxygen atoms in total. The van der Waals surface area contributed by atoms with E-state index < -0.39 is 17.7 Å². The Morgan fingerprint density at radius 1 is 1.17 bits per heavy atom. The van der Waals surface area contributed by atoms with Crippen LogP contribution in [0.5, 0.6) is 0 Å². The highest BCUT2D eigenvalue weighted by atomic mass is 16.3. The molecule has 0 spiro atoms. The van der Waals surface area contributed by atoms with Gasteiger partial charge in [0.25, 0.3) is 11.7 Å². The zero-order valence-corrected chi connectivity index (χ0v) is 18.1. The maximum absolute atomic E-state index is 13.1. The number of ketones is 1. The molecule has 0 aliphatic carbocycles. The fourth-order valence-corrected chi connectivity index (χ4v) is 3.92. The zero-order valence-electron chi connectivity index (χ0n) is 18.1. The molecular formula is C24H29N3O3. The number of aryl methyl sites for hydroxylation is 2. The largest absolute Gasteiger partial charge is 0.507 e.